The minimum absolute atomic E-state index is 0.0513. The van der Waals surface area contributed by atoms with Crippen molar-refractivity contribution in [3.8, 4) is 0 Å². The fourth-order valence-electron chi connectivity index (χ4n) is 2.24. The van der Waals surface area contributed by atoms with Crippen LogP contribution < -0.4 is 10.6 Å². The van der Waals surface area contributed by atoms with Gasteiger partial charge in [0.2, 0.25) is 5.78 Å². The zero-order chi connectivity index (χ0) is 19.2. The molecule has 0 saturated carbocycles. The fourth-order valence-corrected chi connectivity index (χ4v) is 3.88. The summed E-state index contributed by atoms with van der Waals surface area (Å²) in [5.74, 6) is -1.96. The highest BCUT2D eigenvalue weighted by Crippen LogP contribution is 2.22. The molecule has 0 unspecified atom stereocenters. The van der Waals surface area contributed by atoms with Crippen LogP contribution in [0.4, 0.5) is 4.39 Å². The Morgan fingerprint density at radius 3 is 2.22 bits per heavy atom. The molecule has 2 N–H and O–H groups in total. The number of carbonyl (C=O) groups is 3. The third-order valence-corrected chi connectivity index (χ3v) is 5.58. The lowest BCUT2D eigenvalue weighted by molar-refractivity contribution is -0.139. The van der Waals surface area contributed by atoms with Gasteiger partial charge in [-0.1, -0.05) is 18.2 Å². The molecule has 0 bridgehead atoms. The van der Waals surface area contributed by atoms with E-state index >= 15 is 0 Å². The summed E-state index contributed by atoms with van der Waals surface area (Å²) in [6.07, 6.45) is 0. The van der Waals surface area contributed by atoms with Crippen LogP contribution in [-0.4, -0.2) is 17.6 Å². The standard InChI is InChI=1S/C19H15FN2O3S2/c20-13-5-3-12(4-6-13)10-21-18(24)19(25)22-11-14-7-8-16(27-14)17(23)15-2-1-9-26-15/h1-9H,10-11H2,(H,21,24)(H,22,25). The number of nitrogens with one attached hydrogen (secondary N) is 2. The van der Waals surface area contributed by atoms with Crippen molar-refractivity contribution in [3.63, 3.8) is 0 Å². The van der Waals surface area contributed by atoms with E-state index in [0.29, 0.717) is 15.3 Å². The molecular weight excluding hydrogens is 387 g/mol. The van der Waals surface area contributed by atoms with E-state index in [1.165, 1.54) is 46.9 Å². The Hall–Kier alpha value is -2.84. The molecule has 27 heavy (non-hydrogen) atoms. The molecule has 0 aliphatic heterocycles. The van der Waals surface area contributed by atoms with Crippen LogP contribution in [0.15, 0.2) is 53.9 Å². The Balaban J connectivity index is 1.48. The van der Waals surface area contributed by atoms with Crippen LogP contribution in [0, 0.1) is 5.82 Å². The van der Waals surface area contributed by atoms with Crippen LogP contribution in [0.1, 0.15) is 25.0 Å². The number of thiophene rings is 2. The number of halogens is 1. The first-order valence-electron chi connectivity index (χ1n) is 8.00. The van der Waals surface area contributed by atoms with E-state index in [0.717, 1.165) is 4.88 Å². The molecule has 1 aromatic carbocycles. The Morgan fingerprint density at radius 1 is 0.852 bits per heavy atom. The smallest absolute Gasteiger partial charge is 0.309 e. The molecule has 3 aromatic rings. The van der Waals surface area contributed by atoms with Gasteiger partial charge in [-0.05, 0) is 41.3 Å². The molecule has 0 aliphatic rings. The van der Waals surface area contributed by atoms with Crippen LogP contribution in [0.3, 0.4) is 0 Å². The summed E-state index contributed by atoms with van der Waals surface area (Å²) in [7, 11) is 0. The molecule has 5 nitrogen and oxygen atoms in total. The van der Waals surface area contributed by atoms with Gasteiger partial charge in [0.05, 0.1) is 16.3 Å². The van der Waals surface area contributed by atoms with Gasteiger partial charge in [0, 0.05) is 11.4 Å². The Bertz CT molecular complexity index is 950. The summed E-state index contributed by atoms with van der Waals surface area (Å²) in [4.78, 5) is 38.0. The van der Waals surface area contributed by atoms with Gasteiger partial charge in [0.1, 0.15) is 5.82 Å². The molecule has 2 aromatic heterocycles. The van der Waals surface area contributed by atoms with Gasteiger partial charge in [-0.3, -0.25) is 14.4 Å². The van der Waals surface area contributed by atoms with Crippen LogP contribution in [0.2, 0.25) is 0 Å². The van der Waals surface area contributed by atoms with E-state index in [1.807, 2.05) is 11.4 Å². The Morgan fingerprint density at radius 2 is 1.56 bits per heavy atom. The normalized spacial score (nSPS) is 10.4. The maximum absolute atomic E-state index is 12.8. The van der Waals surface area contributed by atoms with E-state index < -0.39 is 11.8 Å². The van der Waals surface area contributed by atoms with E-state index in [9.17, 15) is 18.8 Å². The number of hydrogen-bond acceptors (Lipinski definition) is 5. The van der Waals surface area contributed by atoms with Gasteiger partial charge in [0.15, 0.2) is 0 Å². The van der Waals surface area contributed by atoms with E-state index in [1.54, 1.807) is 18.2 Å². The highest BCUT2D eigenvalue weighted by Gasteiger charge is 2.15. The predicted octanol–water partition coefficient (Wildman–Crippen LogP) is 3.11. The number of ketones is 1. The minimum atomic E-state index is -0.772. The second-order valence-electron chi connectivity index (χ2n) is 5.56. The molecule has 0 aliphatic carbocycles. The number of amides is 2. The lowest BCUT2D eigenvalue weighted by atomic mass is 10.2. The number of carbonyl (C=O) groups excluding carboxylic acids is 3. The van der Waals surface area contributed by atoms with Gasteiger partial charge >= 0.3 is 11.8 Å². The van der Waals surface area contributed by atoms with Gasteiger partial charge in [-0.2, -0.15) is 0 Å². The van der Waals surface area contributed by atoms with E-state index in [2.05, 4.69) is 10.6 Å². The average Bonchev–Trinajstić information content (AvgIpc) is 3.37. The summed E-state index contributed by atoms with van der Waals surface area (Å²) < 4.78 is 12.8. The largest absolute Gasteiger partial charge is 0.344 e. The van der Waals surface area contributed by atoms with Gasteiger partial charge < -0.3 is 10.6 Å². The number of benzene rings is 1. The van der Waals surface area contributed by atoms with Crippen molar-refractivity contribution in [2.24, 2.45) is 0 Å². The SMILES string of the molecule is O=C(NCc1ccc(F)cc1)C(=O)NCc1ccc(C(=O)c2cccs2)s1. The highest BCUT2D eigenvalue weighted by atomic mass is 32.1. The van der Waals surface area contributed by atoms with Crippen molar-refractivity contribution < 1.29 is 18.8 Å². The molecule has 0 spiro atoms. The molecule has 0 fully saturated rings. The van der Waals surface area contributed by atoms with Crippen LogP contribution in [0.25, 0.3) is 0 Å². The molecule has 2 heterocycles. The summed E-state index contributed by atoms with van der Waals surface area (Å²) in [5, 5.41) is 6.84. The maximum atomic E-state index is 12.8. The topological polar surface area (TPSA) is 75.3 Å². The van der Waals surface area contributed by atoms with Crippen molar-refractivity contribution in [2.75, 3.05) is 0 Å². The van der Waals surface area contributed by atoms with Crippen molar-refractivity contribution in [1.29, 1.82) is 0 Å². The Kier molecular flexibility index (Phi) is 6.10. The zero-order valence-corrected chi connectivity index (χ0v) is 15.7. The lowest BCUT2D eigenvalue weighted by Crippen LogP contribution is -2.39. The fraction of sp³-hybridized carbons (Fsp3) is 0.105. The predicted molar refractivity (Wildman–Crippen MR) is 102 cm³/mol. The first-order chi connectivity index (χ1) is 13.0. The number of rotatable bonds is 6. The molecule has 0 atom stereocenters. The summed E-state index contributed by atoms with van der Waals surface area (Å²) >= 11 is 2.65. The molecule has 2 amide bonds. The quantitative estimate of drug-likeness (QED) is 0.491. The first-order valence-corrected chi connectivity index (χ1v) is 9.70. The molecule has 0 saturated heterocycles. The summed E-state index contributed by atoms with van der Waals surface area (Å²) in [6.45, 7) is 0.288. The van der Waals surface area contributed by atoms with Crippen LogP contribution >= 0.6 is 22.7 Å². The van der Waals surface area contributed by atoms with Gasteiger partial charge in [-0.15, -0.1) is 22.7 Å². The van der Waals surface area contributed by atoms with Crippen molar-refractivity contribution >= 4 is 40.3 Å². The number of hydrogen-bond donors (Lipinski definition) is 2. The maximum Gasteiger partial charge on any atom is 0.309 e. The third-order valence-electron chi connectivity index (χ3n) is 3.63. The molecule has 0 radical (unpaired) electrons. The van der Waals surface area contributed by atoms with E-state index in [4.69, 9.17) is 0 Å². The highest BCUT2D eigenvalue weighted by molar-refractivity contribution is 7.16. The van der Waals surface area contributed by atoms with Crippen LogP contribution in [-0.2, 0) is 22.7 Å². The zero-order valence-electron chi connectivity index (χ0n) is 14.0. The van der Waals surface area contributed by atoms with Gasteiger partial charge in [-0.25, -0.2) is 4.39 Å². The molecule has 3 rings (SSSR count). The van der Waals surface area contributed by atoms with Crippen molar-refractivity contribution in [3.05, 3.63) is 79.9 Å². The molecule has 138 valence electrons. The van der Waals surface area contributed by atoms with Crippen molar-refractivity contribution in [1.82, 2.24) is 10.6 Å². The van der Waals surface area contributed by atoms with Gasteiger partial charge in [0.25, 0.3) is 0 Å². The second kappa shape index (κ2) is 8.70. The minimum Gasteiger partial charge on any atom is -0.344 e. The van der Waals surface area contributed by atoms with Crippen molar-refractivity contribution in [2.45, 2.75) is 13.1 Å². The Labute approximate surface area is 162 Å². The first kappa shape index (κ1) is 18.9. The summed E-state index contributed by atoms with van der Waals surface area (Å²) in [5.41, 5.74) is 0.688. The average molecular weight is 402 g/mol. The second-order valence-corrected chi connectivity index (χ2v) is 7.68. The van der Waals surface area contributed by atoms with Crippen LogP contribution in [0.5, 0.6) is 0 Å². The molecular formula is C19H15FN2O3S2. The molecule has 8 heteroatoms. The third kappa shape index (κ3) is 5.08. The summed E-state index contributed by atoms with van der Waals surface area (Å²) in [6, 6.07) is 12.7. The van der Waals surface area contributed by atoms with E-state index in [-0.39, 0.29) is 24.7 Å². The monoisotopic (exact) mass is 402 g/mol. The lowest BCUT2D eigenvalue weighted by Gasteiger charge is -2.06.